The molecule has 0 radical (unpaired) electrons. The van der Waals surface area contributed by atoms with Crippen LogP contribution in [-0.4, -0.2) is 35.9 Å². The molecule has 0 aromatic carbocycles. The molecule has 1 aliphatic carbocycles. The number of hydrogen-bond acceptors (Lipinski definition) is 5. The summed E-state index contributed by atoms with van der Waals surface area (Å²) in [4.78, 5) is 23.9. The third kappa shape index (κ3) is 1.41. The van der Waals surface area contributed by atoms with Gasteiger partial charge in [0, 0.05) is 17.6 Å². The lowest BCUT2D eigenvalue weighted by molar-refractivity contribution is -0.152. The summed E-state index contributed by atoms with van der Waals surface area (Å²) in [6.07, 6.45) is 3.16. The molecular formula is C15H16O5. The van der Waals surface area contributed by atoms with Gasteiger partial charge in [-0.05, 0) is 26.7 Å². The molecule has 2 saturated heterocycles. The molecule has 0 N–H and O–H groups in total. The summed E-state index contributed by atoms with van der Waals surface area (Å²) in [5, 5.41) is 0. The van der Waals surface area contributed by atoms with Crippen molar-refractivity contribution < 1.29 is 23.8 Å². The lowest BCUT2D eigenvalue weighted by Gasteiger charge is -2.19. The number of esters is 2. The van der Waals surface area contributed by atoms with Crippen molar-refractivity contribution in [3.05, 3.63) is 22.8 Å². The minimum absolute atomic E-state index is 0.247. The van der Waals surface area contributed by atoms with Gasteiger partial charge in [0.25, 0.3) is 0 Å². The summed E-state index contributed by atoms with van der Waals surface area (Å²) in [6.45, 7) is 3.76. The molecule has 0 amide bonds. The zero-order chi connectivity index (χ0) is 14.1. The summed E-state index contributed by atoms with van der Waals surface area (Å²) in [5.41, 5.74) is 1.75. The Morgan fingerprint density at radius 1 is 1.25 bits per heavy atom. The van der Waals surface area contributed by atoms with Crippen molar-refractivity contribution in [3.63, 3.8) is 0 Å². The van der Waals surface area contributed by atoms with E-state index >= 15 is 0 Å². The minimum Gasteiger partial charge on any atom is -0.454 e. The highest BCUT2D eigenvalue weighted by molar-refractivity contribution is 5.93. The number of fused-ring (bicyclic) bond motifs is 2. The standard InChI is InChI=1S/C15H16O5/c1-7-4-3-5-15-12(20-15)11(19-14(15)17)10-8(2)13(16)18-9(10)6-7/h4,9,11-12H,3,5-6H2,1-2H3/b7-4+. The van der Waals surface area contributed by atoms with E-state index in [1.807, 2.05) is 6.92 Å². The smallest absolute Gasteiger partial charge is 0.342 e. The second kappa shape index (κ2) is 3.73. The zero-order valence-electron chi connectivity index (χ0n) is 11.5. The van der Waals surface area contributed by atoms with E-state index in [4.69, 9.17) is 14.2 Å². The molecule has 4 unspecified atom stereocenters. The first-order valence-corrected chi connectivity index (χ1v) is 6.99. The maximum absolute atomic E-state index is 12.1. The number of rotatable bonds is 0. The molecule has 5 nitrogen and oxygen atoms in total. The Labute approximate surface area is 116 Å². The number of hydrogen-bond donors (Lipinski definition) is 0. The molecule has 4 aliphatic rings. The van der Waals surface area contributed by atoms with E-state index in [0.717, 1.165) is 17.6 Å². The highest BCUT2D eigenvalue weighted by atomic mass is 16.7. The number of carbonyl (C=O) groups excluding carboxylic acids is 2. The molecule has 106 valence electrons. The minimum atomic E-state index is -0.776. The SMILES string of the molecule is CC1=C2C(C/C(C)=C/CCC34OC3C2OC4=O)OC1=O. The summed E-state index contributed by atoms with van der Waals surface area (Å²) in [5.74, 6) is -0.606. The van der Waals surface area contributed by atoms with E-state index in [1.54, 1.807) is 6.92 Å². The van der Waals surface area contributed by atoms with Crippen LogP contribution >= 0.6 is 0 Å². The Morgan fingerprint density at radius 2 is 2.05 bits per heavy atom. The molecular weight excluding hydrogens is 260 g/mol. The van der Waals surface area contributed by atoms with Gasteiger partial charge in [-0.3, -0.25) is 0 Å². The third-order valence-electron chi connectivity index (χ3n) is 4.75. The van der Waals surface area contributed by atoms with Crippen molar-refractivity contribution in [3.8, 4) is 0 Å². The van der Waals surface area contributed by atoms with Crippen molar-refractivity contribution in [2.24, 2.45) is 0 Å². The molecule has 3 heterocycles. The number of epoxide rings is 1. The van der Waals surface area contributed by atoms with Crippen LogP contribution in [0, 0.1) is 0 Å². The molecule has 2 bridgehead atoms. The Hall–Kier alpha value is -1.62. The molecule has 0 aromatic rings. The summed E-state index contributed by atoms with van der Waals surface area (Å²) < 4.78 is 16.6. The molecule has 3 aliphatic heterocycles. The first-order chi connectivity index (χ1) is 9.53. The summed E-state index contributed by atoms with van der Waals surface area (Å²) >= 11 is 0. The molecule has 20 heavy (non-hydrogen) atoms. The quantitative estimate of drug-likeness (QED) is 0.380. The van der Waals surface area contributed by atoms with Crippen molar-refractivity contribution in [2.45, 2.75) is 57.0 Å². The van der Waals surface area contributed by atoms with Gasteiger partial charge in [-0.2, -0.15) is 0 Å². The van der Waals surface area contributed by atoms with Crippen molar-refractivity contribution in [1.29, 1.82) is 0 Å². The molecule has 0 aromatic heterocycles. The highest BCUT2D eigenvalue weighted by Gasteiger charge is 2.73. The predicted molar refractivity (Wildman–Crippen MR) is 67.7 cm³/mol. The Kier molecular flexibility index (Phi) is 2.26. The Morgan fingerprint density at radius 3 is 2.80 bits per heavy atom. The first-order valence-electron chi connectivity index (χ1n) is 6.99. The maximum atomic E-state index is 12.1. The van der Waals surface area contributed by atoms with Crippen LogP contribution < -0.4 is 0 Å². The van der Waals surface area contributed by atoms with Gasteiger partial charge in [0.15, 0.2) is 11.7 Å². The first kappa shape index (κ1) is 12.1. The molecule has 5 heteroatoms. The number of allylic oxidation sites excluding steroid dienone is 1. The van der Waals surface area contributed by atoms with Crippen molar-refractivity contribution in [2.75, 3.05) is 0 Å². The molecule has 4 atom stereocenters. The van der Waals surface area contributed by atoms with Crippen LogP contribution in [0.5, 0.6) is 0 Å². The van der Waals surface area contributed by atoms with E-state index in [0.29, 0.717) is 18.4 Å². The van der Waals surface area contributed by atoms with Gasteiger partial charge in [0.05, 0.1) is 0 Å². The topological polar surface area (TPSA) is 65.1 Å². The maximum Gasteiger partial charge on any atom is 0.342 e. The van der Waals surface area contributed by atoms with Gasteiger partial charge in [0.2, 0.25) is 0 Å². The van der Waals surface area contributed by atoms with E-state index in [2.05, 4.69) is 6.08 Å². The second-order valence-corrected chi connectivity index (χ2v) is 6.02. The lowest BCUT2D eigenvalue weighted by atomic mass is 9.88. The van der Waals surface area contributed by atoms with Gasteiger partial charge >= 0.3 is 11.9 Å². The van der Waals surface area contributed by atoms with Gasteiger partial charge in [-0.25, -0.2) is 9.59 Å². The van der Waals surface area contributed by atoms with Crippen LogP contribution in [0.1, 0.15) is 33.1 Å². The van der Waals surface area contributed by atoms with E-state index in [1.165, 1.54) is 0 Å². The summed E-state index contributed by atoms with van der Waals surface area (Å²) in [6, 6.07) is 0. The zero-order valence-corrected chi connectivity index (χ0v) is 11.5. The predicted octanol–water partition coefficient (Wildman–Crippen LogP) is 1.42. The lowest BCUT2D eigenvalue weighted by Crippen LogP contribution is -2.26. The van der Waals surface area contributed by atoms with E-state index in [-0.39, 0.29) is 24.1 Å². The monoisotopic (exact) mass is 276 g/mol. The van der Waals surface area contributed by atoms with Gasteiger partial charge in [-0.15, -0.1) is 0 Å². The molecule has 0 spiro atoms. The average Bonchev–Trinajstić information content (AvgIpc) is 2.98. The molecule has 2 fully saturated rings. The molecule has 4 rings (SSSR count). The molecule has 0 saturated carbocycles. The second-order valence-electron chi connectivity index (χ2n) is 6.02. The Bertz CT molecular complexity index is 587. The number of carbonyl (C=O) groups is 2. The van der Waals surface area contributed by atoms with Crippen LogP contribution in [-0.2, 0) is 23.8 Å². The fraction of sp³-hybridized carbons (Fsp3) is 0.600. The number of ether oxygens (including phenoxy) is 3. The van der Waals surface area contributed by atoms with Gasteiger partial charge < -0.3 is 14.2 Å². The highest BCUT2D eigenvalue weighted by Crippen LogP contribution is 2.54. The van der Waals surface area contributed by atoms with Crippen LogP contribution in [0.3, 0.4) is 0 Å². The fourth-order valence-corrected chi connectivity index (χ4v) is 3.57. The fourth-order valence-electron chi connectivity index (χ4n) is 3.57. The average molecular weight is 276 g/mol. The van der Waals surface area contributed by atoms with Gasteiger partial charge in [0.1, 0.15) is 12.2 Å². The largest absolute Gasteiger partial charge is 0.454 e. The Balaban J connectivity index is 1.80. The van der Waals surface area contributed by atoms with Gasteiger partial charge in [-0.1, -0.05) is 11.6 Å². The van der Waals surface area contributed by atoms with Crippen molar-refractivity contribution in [1.82, 2.24) is 0 Å². The normalized spacial score (nSPS) is 45.1. The van der Waals surface area contributed by atoms with Crippen LogP contribution in [0.2, 0.25) is 0 Å². The van der Waals surface area contributed by atoms with E-state index < -0.39 is 11.7 Å². The third-order valence-corrected chi connectivity index (χ3v) is 4.75. The van der Waals surface area contributed by atoms with E-state index in [9.17, 15) is 9.59 Å². The van der Waals surface area contributed by atoms with Crippen LogP contribution in [0.25, 0.3) is 0 Å². The van der Waals surface area contributed by atoms with Crippen LogP contribution in [0.4, 0.5) is 0 Å². The summed E-state index contributed by atoms with van der Waals surface area (Å²) in [7, 11) is 0. The van der Waals surface area contributed by atoms with Crippen LogP contribution in [0.15, 0.2) is 22.8 Å². The van der Waals surface area contributed by atoms with Crippen molar-refractivity contribution >= 4 is 11.9 Å².